The zero-order chi connectivity index (χ0) is 27.3. The van der Waals surface area contributed by atoms with Crippen molar-refractivity contribution in [3.8, 4) is 17.2 Å². The van der Waals surface area contributed by atoms with Crippen molar-refractivity contribution in [2.24, 2.45) is 0 Å². The van der Waals surface area contributed by atoms with Crippen LogP contribution in [0.1, 0.15) is 63.7 Å². The molecule has 3 aromatic rings. The van der Waals surface area contributed by atoms with Gasteiger partial charge in [0.2, 0.25) is 0 Å². The van der Waals surface area contributed by atoms with Crippen LogP contribution in [0, 0.1) is 0 Å². The van der Waals surface area contributed by atoms with Crippen LogP contribution in [-0.4, -0.2) is 19.2 Å². The number of carbonyl (C=O) groups is 1. The van der Waals surface area contributed by atoms with E-state index < -0.39 is 11.6 Å². The molecule has 6 heteroatoms. The smallest absolute Gasteiger partial charge is 0.383 e. The third-order valence-electron chi connectivity index (χ3n) is 5.71. The summed E-state index contributed by atoms with van der Waals surface area (Å²) in [4.78, 5) is 25.9. The summed E-state index contributed by atoms with van der Waals surface area (Å²) in [5.41, 5.74) is 2.17. The molecular formula is C32H36O6. The number of allylic oxidation sites excluding steroid dienone is 4. The lowest BCUT2D eigenvalue weighted by molar-refractivity contribution is 0.0722. The minimum Gasteiger partial charge on any atom is -0.489 e. The van der Waals surface area contributed by atoms with Gasteiger partial charge in [0.05, 0.1) is 17.6 Å². The number of esters is 1. The highest BCUT2D eigenvalue weighted by Gasteiger charge is 2.23. The molecule has 2 aromatic carbocycles. The van der Waals surface area contributed by atoms with E-state index in [4.69, 9.17) is 18.6 Å². The minimum absolute atomic E-state index is 0.144. The van der Waals surface area contributed by atoms with E-state index in [1.807, 2.05) is 19.1 Å². The van der Waals surface area contributed by atoms with Crippen molar-refractivity contribution in [2.45, 2.75) is 53.4 Å². The first-order valence-electron chi connectivity index (χ1n) is 13.0. The summed E-state index contributed by atoms with van der Waals surface area (Å²) < 4.78 is 23.1. The fourth-order valence-corrected chi connectivity index (χ4v) is 3.70. The quantitative estimate of drug-likeness (QED) is 0.0998. The van der Waals surface area contributed by atoms with Crippen molar-refractivity contribution in [3.05, 3.63) is 100.0 Å². The van der Waals surface area contributed by atoms with Gasteiger partial charge in [-0.1, -0.05) is 60.6 Å². The highest BCUT2D eigenvalue weighted by Crippen LogP contribution is 2.37. The van der Waals surface area contributed by atoms with Crippen LogP contribution in [0.3, 0.4) is 0 Å². The van der Waals surface area contributed by atoms with Gasteiger partial charge < -0.3 is 18.6 Å². The molecule has 0 aliphatic rings. The molecule has 0 saturated carbocycles. The Labute approximate surface area is 224 Å². The first-order chi connectivity index (χ1) is 18.4. The third kappa shape index (κ3) is 8.23. The van der Waals surface area contributed by atoms with Crippen molar-refractivity contribution in [2.75, 3.05) is 13.2 Å². The van der Waals surface area contributed by atoms with Crippen LogP contribution in [0.25, 0.3) is 11.0 Å². The Hall–Kier alpha value is -4.06. The molecule has 0 amide bonds. The van der Waals surface area contributed by atoms with E-state index in [0.29, 0.717) is 23.3 Å². The second kappa shape index (κ2) is 14.6. The van der Waals surface area contributed by atoms with Gasteiger partial charge in [0.15, 0.2) is 17.1 Å². The van der Waals surface area contributed by atoms with Crippen LogP contribution >= 0.6 is 0 Å². The van der Waals surface area contributed by atoms with Crippen molar-refractivity contribution in [1.29, 1.82) is 0 Å². The van der Waals surface area contributed by atoms with Crippen molar-refractivity contribution in [3.63, 3.8) is 0 Å². The van der Waals surface area contributed by atoms with Crippen molar-refractivity contribution >= 4 is 16.9 Å². The molecule has 0 saturated heterocycles. The Morgan fingerprint density at radius 2 is 1.68 bits per heavy atom. The molecular weight excluding hydrogens is 480 g/mol. The Morgan fingerprint density at radius 3 is 2.42 bits per heavy atom. The minimum atomic E-state index is -0.817. The van der Waals surface area contributed by atoms with Gasteiger partial charge in [-0.15, -0.1) is 0 Å². The standard InChI is InChI=1S/C32H36O6/c1-5-6-7-11-21-35-27-19-13-18-26-28(27)37-32(34)30(38-31(33)25-16-9-8-10-17-25)29(26)36-22-20-24(4)15-12-14-23(2)3/h6-10,13-14,16-20H,5,11-12,15,21-22H2,1-4H3/b7-6+,24-20+. The van der Waals surface area contributed by atoms with E-state index in [0.717, 1.165) is 31.3 Å². The number of hydrogen-bond acceptors (Lipinski definition) is 6. The summed E-state index contributed by atoms with van der Waals surface area (Å²) in [5, 5.41) is 0.484. The molecule has 1 heterocycles. The lowest BCUT2D eigenvalue weighted by atomic mass is 10.1. The molecule has 0 spiro atoms. The predicted octanol–water partition coefficient (Wildman–Crippen LogP) is 7.82. The number of rotatable bonds is 13. The fourth-order valence-electron chi connectivity index (χ4n) is 3.70. The normalized spacial score (nSPS) is 11.5. The summed E-state index contributed by atoms with van der Waals surface area (Å²) in [6.07, 6.45) is 11.8. The van der Waals surface area contributed by atoms with E-state index >= 15 is 0 Å². The molecule has 1 aromatic heterocycles. The number of hydrogen-bond donors (Lipinski definition) is 0. The number of fused-ring (bicyclic) bond motifs is 1. The highest BCUT2D eigenvalue weighted by molar-refractivity contribution is 5.94. The zero-order valence-electron chi connectivity index (χ0n) is 22.6. The van der Waals surface area contributed by atoms with Crippen LogP contribution < -0.4 is 19.8 Å². The average molecular weight is 517 g/mol. The topological polar surface area (TPSA) is 75.0 Å². The number of para-hydroxylation sites is 1. The predicted molar refractivity (Wildman–Crippen MR) is 151 cm³/mol. The number of carbonyl (C=O) groups excluding carboxylic acids is 1. The first kappa shape index (κ1) is 28.5. The second-order valence-corrected chi connectivity index (χ2v) is 9.13. The van der Waals surface area contributed by atoms with Crippen LogP contribution in [0.2, 0.25) is 0 Å². The molecule has 0 bridgehead atoms. The van der Waals surface area contributed by atoms with Gasteiger partial charge in [0, 0.05) is 0 Å². The van der Waals surface area contributed by atoms with Crippen LogP contribution in [0.4, 0.5) is 0 Å². The molecule has 0 fully saturated rings. The molecule has 0 radical (unpaired) electrons. The zero-order valence-corrected chi connectivity index (χ0v) is 22.6. The maximum absolute atomic E-state index is 13.1. The summed E-state index contributed by atoms with van der Waals surface area (Å²) in [7, 11) is 0. The molecule has 6 nitrogen and oxygen atoms in total. The lowest BCUT2D eigenvalue weighted by Gasteiger charge is -2.14. The first-order valence-corrected chi connectivity index (χ1v) is 13.0. The van der Waals surface area contributed by atoms with Crippen molar-refractivity contribution < 1.29 is 23.4 Å². The van der Waals surface area contributed by atoms with E-state index in [1.165, 1.54) is 5.57 Å². The SMILES string of the molecule is CC/C=C/CCOc1cccc2c(OC/C=C(\C)CCC=C(C)C)c(OC(=O)c3ccccc3)c(=O)oc12. The van der Waals surface area contributed by atoms with Crippen LogP contribution in [0.15, 0.2) is 93.2 Å². The Balaban J connectivity index is 1.94. The van der Waals surface area contributed by atoms with E-state index in [-0.39, 0.29) is 23.7 Å². The average Bonchev–Trinajstić information content (AvgIpc) is 2.90. The summed E-state index contributed by atoms with van der Waals surface area (Å²) >= 11 is 0. The van der Waals surface area contributed by atoms with Crippen LogP contribution in [-0.2, 0) is 0 Å². The van der Waals surface area contributed by atoms with Gasteiger partial charge in [0.1, 0.15) is 6.61 Å². The molecule has 0 aliphatic carbocycles. The van der Waals surface area contributed by atoms with E-state index in [9.17, 15) is 9.59 Å². The van der Waals surface area contributed by atoms with Gasteiger partial charge in [-0.3, -0.25) is 0 Å². The largest absolute Gasteiger partial charge is 0.489 e. The van der Waals surface area contributed by atoms with Gasteiger partial charge >= 0.3 is 11.6 Å². The molecule has 38 heavy (non-hydrogen) atoms. The molecule has 0 N–H and O–H groups in total. The van der Waals surface area contributed by atoms with E-state index in [2.05, 4.69) is 32.9 Å². The van der Waals surface area contributed by atoms with Crippen LogP contribution in [0.5, 0.6) is 17.2 Å². The Bertz CT molecular complexity index is 1360. The number of ether oxygens (including phenoxy) is 3. The van der Waals surface area contributed by atoms with Gasteiger partial charge in [-0.05, 0) is 76.8 Å². The fraction of sp³-hybridized carbons (Fsp3) is 0.312. The Morgan fingerprint density at radius 1 is 0.895 bits per heavy atom. The van der Waals surface area contributed by atoms with Crippen molar-refractivity contribution in [1.82, 2.24) is 0 Å². The van der Waals surface area contributed by atoms with Gasteiger partial charge in [0.25, 0.3) is 5.75 Å². The molecule has 0 atom stereocenters. The molecule has 3 rings (SSSR count). The Kier molecular flexibility index (Phi) is 11.0. The maximum atomic E-state index is 13.1. The third-order valence-corrected chi connectivity index (χ3v) is 5.71. The summed E-state index contributed by atoms with van der Waals surface area (Å²) in [5.74, 6) is -0.399. The number of benzene rings is 2. The second-order valence-electron chi connectivity index (χ2n) is 9.13. The maximum Gasteiger partial charge on any atom is 0.383 e. The monoisotopic (exact) mass is 516 g/mol. The molecule has 0 aliphatic heterocycles. The lowest BCUT2D eigenvalue weighted by Crippen LogP contribution is -2.16. The molecule has 200 valence electrons. The van der Waals surface area contributed by atoms with E-state index in [1.54, 1.807) is 48.5 Å². The molecule has 0 unspecified atom stereocenters. The summed E-state index contributed by atoms with van der Waals surface area (Å²) in [6.45, 7) is 8.88. The highest BCUT2D eigenvalue weighted by atomic mass is 16.6. The van der Waals surface area contributed by atoms with Gasteiger partial charge in [-0.25, -0.2) is 9.59 Å². The summed E-state index contributed by atoms with van der Waals surface area (Å²) in [6, 6.07) is 13.7. The van der Waals surface area contributed by atoms with Gasteiger partial charge in [-0.2, -0.15) is 0 Å².